The minimum absolute atomic E-state index is 0. The molecule has 0 spiro atoms. The van der Waals surface area contributed by atoms with Crippen molar-refractivity contribution in [1.82, 2.24) is 0 Å². The Bertz CT molecular complexity index is 913. The average Bonchev–Trinajstić information content (AvgIpc) is 2.45. The SMILES string of the molecule is O.O.O=c1c(O)c(-c2ccc(O)c(O)c2)oc2cc(O)ccc12. The second-order valence-corrected chi connectivity index (χ2v) is 4.49. The van der Waals surface area contributed by atoms with Crippen LogP contribution < -0.4 is 5.43 Å². The third kappa shape index (κ3) is 2.89. The van der Waals surface area contributed by atoms with E-state index < -0.39 is 16.9 Å². The number of phenols is 3. The Morgan fingerprint density at radius 1 is 0.826 bits per heavy atom. The van der Waals surface area contributed by atoms with Crippen LogP contribution in [0.4, 0.5) is 0 Å². The van der Waals surface area contributed by atoms with Gasteiger partial charge in [-0.25, -0.2) is 0 Å². The number of hydrogen-bond donors (Lipinski definition) is 4. The van der Waals surface area contributed by atoms with Crippen molar-refractivity contribution in [3.05, 3.63) is 46.6 Å². The van der Waals surface area contributed by atoms with E-state index in [9.17, 15) is 25.2 Å². The zero-order valence-electron chi connectivity index (χ0n) is 11.6. The van der Waals surface area contributed by atoms with E-state index in [1.54, 1.807) is 0 Å². The molecule has 0 saturated carbocycles. The second kappa shape index (κ2) is 6.26. The van der Waals surface area contributed by atoms with Gasteiger partial charge in [0, 0.05) is 11.6 Å². The fraction of sp³-hybridized carbons (Fsp3) is 0. The zero-order chi connectivity index (χ0) is 15.1. The summed E-state index contributed by atoms with van der Waals surface area (Å²) >= 11 is 0. The summed E-state index contributed by atoms with van der Waals surface area (Å²) in [4.78, 5) is 12.1. The maximum absolute atomic E-state index is 12.1. The predicted molar refractivity (Wildman–Crippen MR) is 81.8 cm³/mol. The highest BCUT2D eigenvalue weighted by molar-refractivity contribution is 5.83. The predicted octanol–water partition coefficient (Wildman–Crippen LogP) is 0.633. The molecule has 1 heterocycles. The normalized spacial score (nSPS) is 9.91. The first-order chi connectivity index (χ1) is 9.97. The Morgan fingerprint density at radius 2 is 1.52 bits per heavy atom. The molecule has 0 fully saturated rings. The molecule has 0 bridgehead atoms. The van der Waals surface area contributed by atoms with Crippen LogP contribution in [0.1, 0.15) is 0 Å². The van der Waals surface area contributed by atoms with E-state index >= 15 is 0 Å². The van der Waals surface area contributed by atoms with Crippen LogP contribution in [0.2, 0.25) is 0 Å². The van der Waals surface area contributed by atoms with Crippen molar-refractivity contribution in [2.75, 3.05) is 0 Å². The standard InChI is InChI=1S/C15H10O6.2H2O/c16-8-2-3-9-12(6-8)21-15(14(20)13(9)19)7-1-4-10(17)11(18)5-7;;/h1-6,16-18,20H;2*1H2. The summed E-state index contributed by atoms with van der Waals surface area (Å²) in [6, 6.07) is 7.64. The van der Waals surface area contributed by atoms with Crippen LogP contribution in [0, 0.1) is 0 Å². The maximum Gasteiger partial charge on any atom is 0.235 e. The number of phenolic OH excluding ortho intramolecular Hbond substituents is 3. The van der Waals surface area contributed by atoms with Crippen molar-refractivity contribution in [3.8, 4) is 34.3 Å². The van der Waals surface area contributed by atoms with E-state index in [-0.39, 0.29) is 44.7 Å². The molecule has 0 amide bonds. The summed E-state index contributed by atoms with van der Waals surface area (Å²) in [7, 11) is 0. The van der Waals surface area contributed by atoms with E-state index in [1.165, 1.54) is 30.3 Å². The van der Waals surface area contributed by atoms with Gasteiger partial charge in [-0.05, 0) is 30.3 Å². The van der Waals surface area contributed by atoms with Gasteiger partial charge in [0.1, 0.15) is 11.3 Å². The molecule has 8 heteroatoms. The third-order valence-corrected chi connectivity index (χ3v) is 3.09. The Kier molecular flexibility index (Phi) is 4.85. The molecule has 8 N–H and O–H groups in total. The van der Waals surface area contributed by atoms with Gasteiger partial charge in [0.25, 0.3) is 0 Å². The van der Waals surface area contributed by atoms with Gasteiger partial charge in [-0.2, -0.15) is 0 Å². The summed E-state index contributed by atoms with van der Waals surface area (Å²) in [6.45, 7) is 0. The smallest absolute Gasteiger partial charge is 0.235 e. The molecule has 8 nitrogen and oxygen atoms in total. The number of fused-ring (bicyclic) bond motifs is 1. The molecule has 122 valence electrons. The highest BCUT2D eigenvalue weighted by Crippen LogP contribution is 2.35. The highest BCUT2D eigenvalue weighted by Gasteiger charge is 2.16. The van der Waals surface area contributed by atoms with Gasteiger partial charge in [-0.1, -0.05) is 0 Å². The van der Waals surface area contributed by atoms with E-state index in [1.807, 2.05) is 0 Å². The van der Waals surface area contributed by atoms with E-state index in [0.717, 1.165) is 6.07 Å². The average molecular weight is 322 g/mol. The van der Waals surface area contributed by atoms with E-state index in [4.69, 9.17) is 4.42 Å². The van der Waals surface area contributed by atoms with Crippen molar-refractivity contribution in [2.24, 2.45) is 0 Å². The van der Waals surface area contributed by atoms with E-state index in [0.29, 0.717) is 0 Å². The monoisotopic (exact) mass is 322 g/mol. The topological polar surface area (TPSA) is 174 Å². The Morgan fingerprint density at radius 3 is 2.17 bits per heavy atom. The number of rotatable bonds is 1. The summed E-state index contributed by atoms with van der Waals surface area (Å²) in [6.07, 6.45) is 0. The van der Waals surface area contributed by atoms with Crippen LogP contribution in [-0.4, -0.2) is 31.4 Å². The van der Waals surface area contributed by atoms with Crippen molar-refractivity contribution >= 4 is 11.0 Å². The molecule has 0 atom stereocenters. The lowest BCUT2D eigenvalue weighted by Gasteiger charge is -2.07. The molecule has 0 unspecified atom stereocenters. The summed E-state index contributed by atoms with van der Waals surface area (Å²) in [5.74, 6) is -1.60. The Hall–Kier alpha value is -3.23. The lowest BCUT2D eigenvalue weighted by Crippen LogP contribution is -2.02. The summed E-state index contributed by atoms with van der Waals surface area (Å²) in [5.41, 5.74) is -0.343. The quantitative estimate of drug-likeness (QED) is 0.478. The second-order valence-electron chi connectivity index (χ2n) is 4.49. The fourth-order valence-electron chi connectivity index (χ4n) is 2.03. The maximum atomic E-state index is 12.1. The zero-order valence-corrected chi connectivity index (χ0v) is 11.6. The lowest BCUT2D eigenvalue weighted by molar-refractivity contribution is 0.403. The van der Waals surface area contributed by atoms with E-state index in [2.05, 4.69) is 0 Å². The molecular formula is C15H14O8. The van der Waals surface area contributed by atoms with Crippen LogP contribution in [0.15, 0.2) is 45.6 Å². The van der Waals surface area contributed by atoms with Crippen LogP contribution in [0.25, 0.3) is 22.3 Å². The molecule has 3 rings (SSSR count). The highest BCUT2D eigenvalue weighted by atomic mass is 16.4. The van der Waals surface area contributed by atoms with Crippen LogP contribution >= 0.6 is 0 Å². The minimum Gasteiger partial charge on any atom is -0.508 e. The largest absolute Gasteiger partial charge is 0.508 e. The number of benzene rings is 2. The van der Waals surface area contributed by atoms with Crippen molar-refractivity contribution < 1.29 is 35.8 Å². The summed E-state index contributed by atoms with van der Waals surface area (Å²) < 4.78 is 5.43. The van der Waals surface area contributed by atoms with Crippen LogP contribution in [0.5, 0.6) is 23.0 Å². The fourth-order valence-corrected chi connectivity index (χ4v) is 2.03. The number of hydrogen-bond acceptors (Lipinski definition) is 6. The molecule has 0 aliphatic heterocycles. The molecule has 0 aliphatic rings. The van der Waals surface area contributed by atoms with Gasteiger partial charge in [0.05, 0.1) is 5.39 Å². The first kappa shape index (κ1) is 17.8. The van der Waals surface area contributed by atoms with Crippen molar-refractivity contribution in [3.63, 3.8) is 0 Å². The van der Waals surface area contributed by atoms with Gasteiger partial charge < -0.3 is 35.8 Å². The molecule has 2 aromatic carbocycles. The molecule has 0 aliphatic carbocycles. The van der Waals surface area contributed by atoms with Crippen LogP contribution in [0.3, 0.4) is 0 Å². The van der Waals surface area contributed by atoms with Crippen LogP contribution in [-0.2, 0) is 0 Å². The van der Waals surface area contributed by atoms with Gasteiger partial charge in [-0.15, -0.1) is 0 Å². The van der Waals surface area contributed by atoms with Gasteiger partial charge in [0.15, 0.2) is 17.3 Å². The number of aromatic hydroxyl groups is 4. The molecular weight excluding hydrogens is 308 g/mol. The Labute approximate surface area is 128 Å². The lowest BCUT2D eigenvalue weighted by atomic mass is 10.1. The molecule has 23 heavy (non-hydrogen) atoms. The first-order valence-corrected chi connectivity index (χ1v) is 5.98. The van der Waals surface area contributed by atoms with Gasteiger partial charge in [-0.3, -0.25) is 4.79 Å². The Balaban J connectivity index is 0.00000132. The molecule has 0 saturated heterocycles. The molecule has 0 radical (unpaired) electrons. The first-order valence-electron chi connectivity index (χ1n) is 5.98. The molecule has 3 aromatic rings. The van der Waals surface area contributed by atoms with Crippen molar-refractivity contribution in [2.45, 2.75) is 0 Å². The van der Waals surface area contributed by atoms with Gasteiger partial charge in [0.2, 0.25) is 11.2 Å². The summed E-state index contributed by atoms with van der Waals surface area (Å²) in [5, 5.41) is 38.3. The van der Waals surface area contributed by atoms with Gasteiger partial charge >= 0.3 is 0 Å². The minimum atomic E-state index is -0.654. The van der Waals surface area contributed by atoms with Crippen molar-refractivity contribution in [1.29, 1.82) is 0 Å². The third-order valence-electron chi connectivity index (χ3n) is 3.09. The molecule has 1 aromatic heterocycles.